The number of nitrogens with zero attached hydrogens (tertiary/aromatic N) is 1. The Labute approximate surface area is 165 Å². The fourth-order valence-electron chi connectivity index (χ4n) is 3.37. The molecule has 0 aromatic heterocycles. The van der Waals surface area contributed by atoms with Crippen LogP contribution in [0.3, 0.4) is 0 Å². The van der Waals surface area contributed by atoms with Gasteiger partial charge >= 0.3 is 0 Å². The summed E-state index contributed by atoms with van der Waals surface area (Å²) in [6.07, 6.45) is 0.984. The fourth-order valence-corrected chi connectivity index (χ4v) is 3.37. The molecule has 1 aliphatic rings. The molecule has 2 aromatic carbocycles. The molecule has 0 bridgehead atoms. The molecule has 1 fully saturated rings. The van der Waals surface area contributed by atoms with E-state index >= 15 is 0 Å². The molecule has 0 saturated carbocycles. The van der Waals surface area contributed by atoms with Gasteiger partial charge in [0.25, 0.3) is 0 Å². The Bertz CT molecular complexity index is 848. The molecule has 148 valence electrons. The molecule has 1 N–H and O–H groups in total. The van der Waals surface area contributed by atoms with Gasteiger partial charge in [-0.1, -0.05) is 18.2 Å². The van der Waals surface area contributed by atoms with Crippen molar-refractivity contribution in [3.8, 4) is 11.5 Å². The zero-order valence-electron chi connectivity index (χ0n) is 16.5. The van der Waals surface area contributed by atoms with Gasteiger partial charge in [-0.15, -0.1) is 0 Å². The summed E-state index contributed by atoms with van der Waals surface area (Å²) in [4.78, 5) is 26.8. The number of methoxy groups -OCH3 is 2. The number of rotatable bonds is 7. The second-order valence-electron chi connectivity index (χ2n) is 7.03. The summed E-state index contributed by atoms with van der Waals surface area (Å²) in [6, 6.07) is 13.4. The van der Waals surface area contributed by atoms with E-state index in [1.807, 2.05) is 49.4 Å². The minimum absolute atomic E-state index is 0.0184. The number of amides is 2. The largest absolute Gasteiger partial charge is 0.497 e. The molecule has 1 saturated heterocycles. The molecule has 0 radical (unpaired) electrons. The Balaban J connectivity index is 1.57. The highest BCUT2D eigenvalue weighted by molar-refractivity contribution is 5.98. The Morgan fingerprint density at radius 2 is 1.89 bits per heavy atom. The minimum atomic E-state index is -0.353. The van der Waals surface area contributed by atoms with Crippen LogP contribution in [0, 0.1) is 12.8 Å². The number of carbonyl (C=O) groups excluding carboxylic acids is 2. The van der Waals surface area contributed by atoms with Crippen molar-refractivity contribution in [2.45, 2.75) is 19.8 Å². The van der Waals surface area contributed by atoms with Gasteiger partial charge < -0.3 is 19.7 Å². The maximum Gasteiger partial charge on any atom is 0.229 e. The van der Waals surface area contributed by atoms with Gasteiger partial charge in [-0.05, 0) is 48.7 Å². The standard InChI is InChI=1S/C22H26N2O4/c1-15-4-9-20(28-3)19(12-15)23-22(26)17-13-21(25)24(14-17)11-10-16-5-7-18(27-2)8-6-16/h4-9,12,17H,10-11,13-14H2,1-3H3,(H,23,26). The lowest BCUT2D eigenvalue weighted by Gasteiger charge is -2.17. The summed E-state index contributed by atoms with van der Waals surface area (Å²) in [5, 5.41) is 2.92. The van der Waals surface area contributed by atoms with E-state index in [-0.39, 0.29) is 24.2 Å². The van der Waals surface area contributed by atoms with Gasteiger partial charge in [0, 0.05) is 19.5 Å². The molecule has 0 spiro atoms. The van der Waals surface area contributed by atoms with E-state index in [1.165, 1.54) is 0 Å². The van der Waals surface area contributed by atoms with Gasteiger partial charge in [0.2, 0.25) is 11.8 Å². The summed E-state index contributed by atoms with van der Waals surface area (Å²) >= 11 is 0. The summed E-state index contributed by atoms with van der Waals surface area (Å²) in [6.45, 7) is 2.99. The van der Waals surface area contributed by atoms with Crippen LogP contribution in [0.15, 0.2) is 42.5 Å². The van der Waals surface area contributed by atoms with E-state index < -0.39 is 0 Å². The lowest BCUT2D eigenvalue weighted by atomic mass is 10.1. The first-order valence-electron chi connectivity index (χ1n) is 9.36. The first-order valence-corrected chi connectivity index (χ1v) is 9.36. The Kier molecular flexibility index (Phi) is 6.19. The molecule has 6 heteroatoms. The topological polar surface area (TPSA) is 67.9 Å². The molecular formula is C22H26N2O4. The van der Waals surface area contributed by atoms with Crippen molar-refractivity contribution >= 4 is 17.5 Å². The van der Waals surface area contributed by atoms with Gasteiger partial charge in [-0.3, -0.25) is 9.59 Å². The van der Waals surface area contributed by atoms with Gasteiger partial charge in [-0.2, -0.15) is 0 Å². The van der Waals surface area contributed by atoms with Gasteiger partial charge in [0.15, 0.2) is 0 Å². The average Bonchev–Trinajstić information content (AvgIpc) is 3.08. The van der Waals surface area contributed by atoms with E-state index in [4.69, 9.17) is 9.47 Å². The molecule has 1 unspecified atom stereocenters. The van der Waals surface area contributed by atoms with Crippen molar-refractivity contribution in [1.82, 2.24) is 4.90 Å². The third-order valence-electron chi connectivity index (χ3n) is 5.03. The van der Waals surface area contributed by atoms with Crippen LogP contribution in [-0.4, -0.2) is 44.0 Å². The lowest BCUT2D eigenvalue weighted by molar-refractivity contribution is -0.128. The highest BCUT2D eigenvalue weighted by Crippen LogP contribution is 2.27. The van der Waals surface area contributed by atoms with Crippen molar-refractivity contribution < 1.29 is 19.1 Å². The predicted molar refractivity (Wildman–Crippen MR) is 108 cm³/mol. The molecule has 0 aliphatic carbocycles. The Morgan fingerprint density at radius 1 is 1.14 bits per heavy atom. The molecule has 2 amide bonds. The SMILES string of the molecule is COc1ccc(CCN2CC(C(=O)Nc3cc(C)ccc3OC)CC2=O)cc1. The number of hydrogen-bond acceptors (Lipinski definition) is 4. The maximum atomic E-state index is 12.7. The van der Waals surface area contributed by atoms with E-state index in [9.17, 15) is 9.59 Å². The molecule has 1 atom stereocenters. The average molecular weight is 382 g/mol. The van der Waals surface area contributed by atoms with Crippen LogP contribution >= 0.6 is 0 Å². The van der Waals surface area contributed by atoms with Gasteiger partial charge in [-0.25, -0.2) is 0 Å². The number of anilines is 1. The van der Waals surface area contributed by atoms with Crippen LogP contribution in [0.2, 0.25) is 0 Å². The molecule has 3 rings (SSSR count). The number of carbonyl (C=O) groups is 2. The molecule has 1 heterocycles. The van der Waals surface area contributed by atoms with Crippen LogP contribution in [0.1, 0.15) is 17.5 Å². The van der Waals surface area contributed by atoms with Crippen molar-refractivity contribution in [3.63, 3.8) is 0 Å². The number of benzene rings is 2. The van der Waals surface area contributed by atoms with E-state index in [1.54, 1.807) is 19.1 Å². The van der Waals surface area contributed by atoms with Crippen LogP contribution in [-0.2, 0) is 16.0 Å². The van der Waals surface area contributed by atoms with Crippen LogP contribution in [0.25, 0.3) is 0 Å². The second-order valence-corrected chi connectivity index (χ2v) is 7.03. The van der Waals surface area contributed by atoms with E-state index in [0.29, 0.717) is 24.5 Å². The third-order valence-corrected chi connectivity index (χ3v) is 5.03. The van der Waals surface area contributed by atoms with Crippen LogP contribution < -0.4 is 14.8 Å². The Hall–Kier alpha value is -3.02. The highest BCUT2D eigenvalue weighted by Gasteiger charge is 2.34. The van der Waals surface area contributed by atoms with Crippen molar-refractivity contribution in [2.24, 2.45) is 5.92 Å². The number of likely N-dealkylation sites (tertiary alicyclic amines) is 1. The molecular weight excluding hydrogens is 356 g/mol. The second kappa shape index (κ2) is 8.78. The molecule has 2 aromatic rings. The van der Waals surface area contributed by atoms with Crippen LogP contribution in [0.4, 0.5) is 5.69 Å². The molecule has 28 heavy (non-hydrogen) atoms. The van der Waals surface area contributed by atoms with Crippen molar-refractivity contribution in [3.05, 3.63) is 53.6 Å². The van der Waals surface area contributed by atoms with Crippen molar-refractivity contribution in [1.29, 1.82) is 0 Å². The summed E-state index contributed by atoms with van der Waals surface area (Å²) in [5.41, 5.74) is 2.79. The number of aryl methyl sites for hydroxylation is 1. The van der Waals surface area contributed by atoms with Crippen molar-refractivity contribution in [2.75, 3.05) is 32.6 Å². The first-order chi connectivity index (χ1) is 13.5. The zero-order valence-corrected chi connectivity index (χ0v) is 16.5. The third kappa shape index (κ3) is 4.63. The summed E-state index contributed by atoms with van der Waals surface area (Å²) in [7, 11) is 3.20. The lowest BCUT2D eigenvalue weighted by Crippen LogP contribution is -2.30. The zero-order chi connectivity index (χ0) is 20.1. The van der Waals surface area contributed by atoms with Gasteiger partial charge in [0.1, 0.15) is 11.5 Å². The first kappa shape index (κ1) is 19.7. The Morgan fingerprint density at radius 3 is 2.57 bits per heavy atom. The summed E-state index contributed by atoms with van der Waals surface area (Å²) in [5.74, 6) is 0.937. The molecule has 1 aliphatic heterocycles. The summed E-state index contributed by atoms with van der Waals surface area (Å²) < 4.78 is 10.5. The maximum absolute atomic E-state index is 12.7. The smallest absolute Gasteiger partial charge is 0.229 e. The fraction of sp³-hybridized carbons (Fsp3) is 0.364. The minimum Gasteiger partial charge on any atom is -0.497 e. The highest BCUT2D eigenvalue weighted by atomic mass is 16.5. The monoisotopic (exact) mass is 382 g/mol. The number of ether oxygens (including phenoxy) is 2. The van der Waals surface area contributed by atoms with Crippen LogP contribution in [0.5, 0.6) is 11.5 Å². The number of hydrogen-bond donors (Lipinski definition) is 1. The predicted octanol–water partition coefficient (Wildman–Crippen LogP) is 3.04. The normalized spacial score (nSPS) is 16.2. The van der Waals surface area contributed by atoms with E-state index in [2.05, 4.69) is 5.32 Å². The van der Waals surface area contributed by atoms with E-state index in [0.717, 1.165) is 23.3 Å². The number of nitrogens with one attached hydrogen (secondary N) is 1. The quantitative estimate of drug-likeness (QED) is 0.799. The molecule has 6 nitrogen and oxygen atoms in total. The van der Waals surface area contributed by atoms with Gasteiger partial charge in [0.05, 0.1) is 25.8 Å².